The third kappa shape index (κ3) is 5.66. The number of nitrogens with one attached hydrogen (secondary N) is 2. The lowest BCUT2D eigenvalue weighted by atomic mass is 10.0. The number of urea groups is 1. The number of pyridine rings is 1. The lowest BCUT2D eigenvalue weighted by Crippen LogP contribution is -2.45. The van der Waals surface area contributed by atoms with Crippen LogP contribution in [0.3, 0.4) is 0 Å². The minimum absolute atomic E-state index is 0.121. The molecule has 1 aromatic heterocycles. The summed E-state index contributed by atoms with van der Waals surface area (Å²) in [5.74, 6) is -0.848. The molecule has 0 saturated carbocycles. The van der Waals surface area contributed by atoms with Crippen LogP contribution in [0.15, 0.2) is 66.9 Å². The van der Waals surface area contributed by atoms with Gasteiger partial charge in [-0.15, -0.1) is 0 Å². The summed E-state index contributed by atoms with van der Waals surface area (Å²) in [6.45, 7) is 4.75. The van der Waals surface area contributed by atoms with Gasteiger partial charge in [0.1, 0.15) is 6.04 Å². The van der Waals surface area contributed by atoms with Crippen LogP contribution >= 0.6 is 0 Å². The Kier molecular flexibility index (Phi) is 7.10. The lowest BCUT2D eigenvalue weighted by molar-refractivity contribution is -0.119. The number of carboxylic acid groups (broad SMARTS) is 1. The van der Waals surface area contributed by atoms with Crippen LogP contribution < -0.4 is 10.6 Å². The molecule has 0 unspecified atom stereocenters. The van der Waals surface area contributed by atoms with Gasteiger partial charge in [-0.05, 0) is 60.7 Å². The number of aromatic carboxylic acids is 1. The summed E-state index contributed by atoms with van der Waals surface area (Å²) < 4.78 is 0. The number of carbonyl (C=O) groups is 3. The normalized spacial score (nSPS) is 15.2. The van der Waals surface area contributed by atoms with Crippen molar-refractivity contribution >= 4 is 29.3 Å². The smallest absolute Gasteiger partial charge is 0.337 e. The number of amides is 3. The van der Waals surface area contributed by atoms with Gasteiger partial charge in [-0.3, -0.25) is 9.78 Å². The number of carboxylic acids is 1. The van der Waals surface area contributed by atoms with Crippen molar-refractivity contribution in [1.29, 1.82) is 0 Å². The van der Waals surface area contributed by atoms with E-state index < -0.39 is 12.0 Å². The van der Waals surface area contributed by atoms with Crippen molar-refractivity contribution in [3.05, 3.63) is 78.0 Å². The van der Waals surface area contributed by atoms with Gasteiger partial charge in [0.2, 0.25) is 5.91 Å². The Hall–Kier alpha value is -4.20. The zero-order valence-electron chi connectivity index (χ0n) is 19.7. The van der Waals surface area contributed by atoms with Gasteiger partial charge in [0.15, 0.2) is 0 Å². The molecule has 0 aliphatic carbocycles. The number of anilines is 2. The third-order valence-corrected chi connectivity index (χ3v) is 6.10. The number of hydrogen-bond donors (Lipinski definition) is 3. The zero-order valence-corrected chi connectivity index (χ0v) is 19.7. The molecule has 3 N–H and O–H groups in total. The number of carbonyl (C=O) groups excluding carboxylic acids is 2. The maximum absolute atomic E-state index is 13.0. The van der Waals surface area contributed by atoms with Crippen LogP contribution in [0.1, 0.15) is 48.5 Å². The average Bonchev–Trinajstić information content (AvgIpc) is 3.35. The van der Waals surface area contributed by atoms with Crippen molar-refractivity contribution < 1.29 is 19.5 Å². The molecule has 2 heterocycles. The molecule has 3 amide bonds. The van der Waals surface area contributed by atoms with Crippen LogP contribution in [0.4, 0.5) is 16.2 Å². The van der Waals surface area contributed by atoms with E-state index in [1.165, 1.54) is 17.8 Å². The molecule has 1 aliphatic heterocycles. The molecule has 8 heteroatoms. The van der Waals surface area contributed by atoms with Gasteiger partial charge in [0.25, 0.3) is 0 Å². The highest BCUT2D eigenvalue weighted by Gasteiger charge is 2.34. The van der Waals surface area contributed by atoms with Crippen LogP contribution in [0.2, 0.25) is 0 Å². The molecule has 0 radical (unpaired) electrons. The van der Waals surface area contributed by atoms with Crippen molar-refractivity contribution in [2.24, 2.45) is 0 Å². The van der Waals surface area contributed by atoms with Crippen LogP contribution in [-0.2, 0) is 4.79 Å². The molecule has 0 bridgehead atoms. The Morgan fingerprint density at radius 1 is 0.943 bits per heavy atom. The Morgan fingerprint density at radius 2 is 1.60 bits per heavy atom. The highest BCUT2D eigenvalue weighted by molar-refractivity contribution is 5.99. The first-order chi connectivity index (χ1) is 16.8. The summed E-state index contributed by atoms with van der Waals surface area (Å²) >= 11 is 0. The average molecular weight is 473 g/mol. The van der Waals surface area contributed by atoms with Gasteiger partial charge in [0.05, 0.1) is 11.3 Å². The van der Waals surface area contributed by atoms with Crippen LogP contribution in [0.25, 0.3) is 11.3 Å². The van der Waals surface area contributed by atoms with E-state index in [2.05, 4.69) is 29.5 Å². The molecule has 1 saturated heterocycles. The van der Waals surface area contributed by atoms with Crippen molar-refractivity contribution in [1.82, 2.24) is 9.88 Å². The Morgan fingerprint density at radius 3 is 2.20 bits per heavy atom. The third-order valence-electron chi connectivity index (χ3n) is 6.10. The first kappa shape index (κ1) is 23.9. The number of benzene rings is 2. The fraction of sp³-hybridized carbons (Fsp3) is 0.259. The Balaban J connectivity index is 1.37. The molecule has 4 rings (SSSR count). The van der Waals surface area contributed by atoms with Crippen molar-refractivity contribution in [2.45, 2.75) is 38.6 Å². The first-order valence-electron chi connectivity index (χ1n) is 11.6. The summed E-state index contributed by atoms with van der Waals surface area (Å²) in [6, 6.07) is 17.2. The van der Waals surface area contributed by atoms with Gasteiger partial charge in [-0.25, -0.2) is 9.59 Å². The van der Waals surface area contributed by atoms with Crippen molar-refractivity contribution in [3.63, 3.8) is 0 Å². The first-order valence-corrected chi connectivity index (χ1v) is 11.6. The molecule has 8 nitrogen and oxygen atoms in total. The van der Waals surface area contributed by atoms with E-state index in [1.54, 1.807) is 35.2 Å². The van der Waals surface area contributed by atoms with Crippen LogP contribution in [-0.4, -0.2) is 45.5 Å². The SMILES string of the molecule is CC(C)c1ccc(NC(=O)N2CCC[C@H]2C(=O)Nc2ccc(-c3ccc(C(=O)O)cn3)cc2)cc1. The molecular formula is C27H28N4O4. The monoisotopic (exact) mass is 472 g/mol. The molecular weight excluding hydrogens is 444 g/mol. The molecule has 180 valence electrons. The molecule has 2 aromatic carbocycles. The Bertz CT molecular complexity index is 1210. The largest absolute Gasteiger partial charge is 0.478 e. The topological polar surface area (TPSA) is 112 Å². The van der Waals surface area contributed by atoms with Crippen molar-refractivity contribution in [2.75, 3.05) is 17.2 Å². The standard InChI is InChI=1S/C27H28N4O4/c1-17(2)18-5-10-22(11-6-18)30-27(35)31-15-3-4-24(31)25(32)29-21-12-7-19(8-13-21)23-14-9-20(16-28-23)26(33)34/h5-14,16-17,24H,3-4,15H2,1-2H3,(H,29,32)(H,30,35)(H,33,34)/t24-/m0/s1. The van der Waals surface area contributed by atoms with Gasteiger partial charge in [-0.1, -0.05) is 38.1 Å². The van der Waals surface area contributed by atoms with Gasteiger partial charge >= 0.3 is 12.0 Å². The Labute approximate surface area is 204 Å². The minimum atomic E-state index is -1.03. The minimum Gasteiger partial charge on any atom is -0.478 e. The summed E-state index contributed by atoms with van der Waals surface area (Å²) in [4.78, 5) is 42.6. The zero-order chi connectivity index (χ0) is 24.9. The van der Waals surface area contributed by atoms with Crippen LogP contribution in [0.5, 0.6) is 0 Å². The lowest BCUT2D eigenvalue weighted by Gasteiger charge is -2.24. The second kappa shape index (κ2) is 10.4. The second-order valence-corrected chi connectivity index (χ2v) is 8.86. The maximum Gasteiger partial charge on any atom is 0.337 e. The highest BCUT2D eigenvalue weighted by Crippen LogP contribution is 2.24. The molecule has 1 atom stereocenters. The molecule has 0 spiro atoms. The van der Waals surface area contributed by atoms with Crippen molar-refractivity contribution in [3.8, 4) is 11.3 Å². The van der Waals surface area contributed by atoms with Gasteiger partial charge < -0.3 is 20.6 Å². The van der Waals surface area contributed by atoms with E-state index in [0.29, 0.717) is 36.0 Å². The second-order valence-electron chi connectivity index (χ2n) is 8.86. The predicted molar refractivity (Wildman–Crippen MR) is 135 cm³/mol. The summed E-state index contributed by atoms with van der Waals surface area (Å²) in [5, 5.41) is 14.8. The number of hydrogen-bond acceptors (Lipinski definition) is 4. The maximum atomic E-state index is 13.0. The summed E-state index contributed by atoms with van der Waals surface area (Å²) in [6.07, 6.45) is 2.67. The molecule has 1 fully saturated rings. The van der Waals surface area contributed by atoms with Crippen LogP contribution in [0, 0.1) is 0 Å². The van der Waals surface area contributed by atoms with Gasteiger partial charge in [0, 0.05) is 29.7 Å². The quantitative estimate of drug-likeness (QED) is 0.456. The summed E-state index contributed by atoms with van der Waals surface area (Å²) in [5.41, 5.74) is 4.05. The number of aromatic nitrogens is 1. The van der Waals surface area contributed by atoms with E-state index in [1.807, 2.05) is 24.3 Å². The molecule has 35 heavy (non-hydrogen) atoms. The van der Waals surface area contributed by atoms with E-state index >= 15 is 0 Å². The number of rotatable bonds is 6. The molecule has 1 aliphatic rings. The molecule has 3 aromatic rings. The van der Waals surface area contributed by atoms with Gasteiger partial charge in [-0.2, -0.15) is 0 Å². The predicted octanol–water partition coefficient (Wildman–Crippen LogP) is 5.21. The number of nitrogens with zero attached hydrogens (tertiary/aromatic N) is 2. The van der Waals surface area contributed by atoms with E-state index in [9.17, 15) is 14.4 Å². The van der Waals surface area contributed by atoms with E-state index in [0.717, 1.165) is 12.0 Å². The summed E-state index contributed by atoms with van der Waals surface area (Å²) in [7, 11) is 0. The van der Waals surface area contributed by atoms with E-state index in [4.69, 9.17) is 5.11 Å². The highest BCUT2D eigenvalue weighted by atomic mass is 16.4. The fourth-order valence-electron chi connectivity index (χ4n) is 4.07. The van der Waals surface area contributed by atoms with E-state index in [-0.39, 0.29) is 17.5 Å². The fourth-order valence-corrected chi connectivity index (χ4v) is 4.07. The number of likely N-dealkylation sites (tertiary alicyclic amines) is 1.